The van der Waals surface area contributed by atoms with Crippen LogP contribution in [0.2, 0.25) is 0 Å². The molecule has 7 nitrogen and oxygen atoms in total. The first-order valence-corrected chi connectivity index (χ1v) is 10.2. The minimum absolute atomic E-state index is 0.00395. The molecule has 0 spiro atoms. The highest BCUT2D eigenvalue weighted by atomic mass is 79.9. The molecule has 1 fully saturated rings. The highest BCUT2D eigenvalue weighted by molar-refractivity contribution is 9.10. The first kappa shape index (κ1) is 17.4. The fourth-order valence-electron chi connectivity index (χ4n) is 3.80. The number of halogens is 1. The zero-order chi connectivity index (χ0) is 19.1. The monoisotopic (exact) mass is 438 g/mol. The Hall–Kier alpha value is -2.74. The molecule has 0 aliphatic carbocycles. The Morgan fingerprint density at radius 2 is 2.04 bits per heavy atom. The Balaban J connectivity index is 1.51. The fourth-order valence-corrected chi connectivity index (χ4v) is 4.44. The van der Waals surface area contributed by atoms with Crippen molar-refractivity contribution in [1.82, 2.24) is 19.9 Å². The van der Waals surface area contributed by atoms with Crippen molar-refractivity contribution < 1.29 is 4.79 Å². The lowest BCUT2D eigenvalue weighted by molar-refractivity contribution is 0.0718. The molecule has 0 bridgehead atoms. The molecule has 2 aromatic heterocycles. The SMILES string of the molecule is O=C(c1[nH]c2ncnc(Nc3ccc4c(c3)C=NC4)c2c1Br)N1CCCCC1. The molecule has 28 heavy (non-hydrogen) atoms. The maximum absolute atomic E-state index is 13.0. The largest absolute Gasteiger partial charge is 0.340 e. The molecular formula is C20H19BrN6O. The van der Waals surface area contributed by atoms with E-state index in [9.17, 15) is 4.79 Å². The fraction of sp³-hybridized carbons (Fsp3) is 0.300. The van der Waals surface area contributed by atoms with Crippen molar-refractivity contribution in [3.8, 4) is 0 Å². The van der Waals surface area contributed by atoms with Crippen molar-refractivity contribution in [3.05, 3.63) is 45.8 Å². The zero-order valence-electron chi connectivity index (χ0n) is 15.2. The minimum atomic E-state index is 0.00395. The molecule has 1 saturated heterocycles. The number of H-pyrrole nitrogens is 1. The number of piperidine rings is 1. The van der Waals surface area contributed by atoms with Gasteiger partial charge in [0, 0.05) is 25.0 Å². The van der Waals surface area contributed by atoms with Gasteiger partial charge in [-0.1, -0.05) is 6.07 Å². The van der Waals surface area contributed by atoms with Crippen molar-refractivity contribution in [3.63, 3.8) is 0 Å². The number of hydrogen-bond donors (Lipinski definition) is 2. The third-order valence-electron chi connectivity index (χ3n) is 5.29. The second kappa shape index (κ2) is 7.01. The number of fused-ring (bicyclic) bond motifs is 2. The van der Waals surface area contributed by atoms with Gasteiger partial charge in [-0.15, -0.1) is 0 Å². The van der Waals surface area contributed by atoms with E-state index in [1.54, 1.807) is 0 Å². The van der Waals surface area contributed by atoms with Crippen LogP contribution in [-0.2, 0) is 6.54 Å². The Bertz CT molecular complexity index is 1100. The quantitative estimate of drug-likeness (QED) is 0.646. The lowest BCUT2D eigenvalue weighted by Gasteiger charge is -2.26. The number of anilines is 2. The van der Waals surface area contributed by atoms with Crippen LogP contribution in [0, 0.1) is 0 Å². The molecule has 1 amide bonds. The van der Waals surface area contributed by atoms with Gasteiger partial charge in [0.25, 0.3) is 5.91 Å². The maximum atomic E-state index is 13.0. The highest BCUT2D eigenvalue weighted by Crippen LogP contribution is 2.34. The van der Waals surface area contributed by atoms with Crippen molar-refractivity contribution in [2.75, 3.05) is 18.4 Å². The van der Waals surface area contributed by atoms with E-state index in [0.717, 1.165) is 49.1 Å². The molecule has 2 aliphatic heterocycles. The number of carbonyl (C=O) groups excluding carboxylic acids is 1. The van der Waals surface area contributed by atoms with Crippen molar-refractivity contribution in [2.24, 2.45) is 4.99 Å². The maximum Gasteiger partial charge on any atom is 0.271 e. The van der Waals surface area contributed by atoms with Gasteiger partial charge in [-0.05, 0) is 58.5 Å². The summed E-state index contributed by atoms with van der Waals surface area (Å²) < 4.78 is 0.698. The number of aliphatic imine (C=N–C) groups is 1. The van der Waals surface area contributed by atoms with Gasteiger partial charge in [0.15, 0.2) is 0 Å². The molecule has 2 N–H and O–H groups in total. The van der Waals surface area contributed by atoms with Crippen molar-refractivity contribution >= 4 is 50.6 Å². The van der Waals surface area contributed by atoms with Gasteiger partial charge in [0.1, 0.15) is 23.5 Å². The molecule has 142 valence electrons. The van der Waals surface area contributed by atoms with Crippen LogP contribution in [0.25, 0.3) is 11.0 Å². The summed E-state index contributed by atoms with van der Waals surface area (Å²) in [5.41, 5.74) is 4.41. The van der Waals surface area contributed by atoms with E-state index in [2.05, 4.69) is 53.3 Å². The van der Waals surface area contributed by atoms with E-state index in [1.165, 1.54) is 18.3 Å². The second-order valence-electron chi connectivity index (χ2n) is 7.12. The standard InChI is InChI=1S/C20H19BrN6O/c21-16-15-18(25-14-5-4-12-9-22-10-13(12)8-14)23-11-24-19(15)26-17(16)20(28)27-6-2-1-3-7-27/h4-5,8,10-11H,1-3,6-7,9H2,(H2,23,24,25,26). The van der Waals surface area contributed by atoms with Crippen LogP contribution in [0.15, 0.2) is 34.0 Å². The number of aromatic amines is 1. The average Bonchev–Trinajstić information content (AvgIpc) is 3.33. The van der Waals surface area contributed by atoms with Crippen molar-refractivity contribution in [2.45, 2.75) is 25.8 Å². The molecule has 8 heteroatoms. The summed E-state index contributed by atoms with van der Waals surface area (Å²) >= 11 is 3.61. The minimum Gasteiger partial charge on any atom is -0.340 e. The summed E-state index contributed by atoms with van der Waals surface area (Å²) in [6.07, 6.45) is 6.67. The van der Waals surface area contributed by atoms with E-state index in [4.69, 9.17) is 0 Å². The Labute approximate surface area is 170 Å². The van der Waals surface area contributed by atoms with Crippen LogP contribution in [0.3, 0.4) is 0 Å². The summed E-state index contributed by atoms with van der Waals surface area (Å²) in [5.74, 6) is 0.657. The van der Waals surface area contributed by atoms with Crippen LogP contribution in [0.5, 0.6) is 0 Å². The Morgan fingerprint density at radius 1 is 1.18 bits per heavy atom. The molecule has 1 aromatic carbocycles. The predicted molar refractivity (Wildman–Crippen MR) is 112 cm³/mol. The number of nitrogens with one attached hydrogen (secondary N) is 2. The van der Waals surface area contributed by atoms with Gasteiger partial charge in [0.05, 0.1) is 16.4 Å². The van der Waals surface area contributed by atoms with Crippen LogP contribution >= 0.6 is 15.9 Å². The van der Waals surface area contributed by atoms with E-state index >= 15 is 0 Å². The van der Waals surface area contributed by atoms with Gasteiger partial charge in [0.2, 0.25) is 0 Å². The number of amides is 1. The lowest BCUT2D eigenvalue weighted by Crippen LogP contribution is -2.35. The molecule has 5 rings (SSSR count). The summed E-state index contributed by atoms with van der Waals surface area (Å²) in [6, 6.07) is 6.14. The van der Waals surface area contributed by atoms with Crippen LogP contribution in [-0.4, -0.2) is 45.1 Å². The summed E-state index contributed by atoms with van der Waals surface area (Å²) in [5, 5.41) is 4.14. The van der Waals surface area contributed by atoms with Crippen LogP contribution in [0.4, 0.5) is 11.5 Å². The highest BCUT2D eigenvalue weighted by Gasteiger charge is 2.25. The smallest absolute Gasteiger partial charge is 0.271 e. The van der Waals surface area contributed by atoms with E-state index in [1.807, 2.05) is 17.2 Å². The van der Waals surface area contributed by atoms with Crippen LogP contribution in [0.1, 0.15) is 40.9 Å². The van der Waals surface area contributed by atoms with Gasteiger partial charge >= 0.3 is 0 Å². The molecule has 2 aliphatic rings. The summed E-state index contributed by atoms with van der Waals surface area (Å²) in [4.78, 5) is 31.1. The molecule has 0 unspecified atom stereocenters. The van der Waals surface area contributed by atoms with Gasteiger partial charge in [-0.2, -0.15) is 0 Å². The molecular weight excluding hydrogens is 420 g/mol. The molecule has 3 aromatic rings. The first-order chi connectivity index (χ1) is 13.7. The number of carbonyl (C=O) groups is 1. The number of benzene rings is 1. The molecule has 0 atom stereocenters. The normalized spacial score (nSPS) is 15.8. The Morgan fingerprint density at radius 3 is 2.89 bits per heavy atom. The second-order valence-corrected chi connectivity index (χ2v) is 7.91. The number of rotatable bonds is 3. The summed E-state index contributed by atoms with van der Waals surface area (Å²) in [6.45, 7) is 2.33. The van der Waals surface area contributed by atoms with Gasteiger partial charge < -0.3 is 15.2 Å². The van der Waals surface area contributed by atoms with Gasteiger partial charge in [-0.25, -0.2) is 9.97 Å². The number of likely N-dealkylation sites (tertiary alicyclic amines) is 1. The third-order valence-corrected chi connectivity index (χ3v) is 6.08. The van der Waals surface area contributed by atoms with E-state index in [0.29, 0.717) is 21.6 Å². The van der Waals surface area contributed by atoms with Crippen LogP contribution < -0.4 is 5.32 Å². The van der Waals surface area contributed by atoms with Crippen molar-refractivity contribution in [1.29, 1.82) is 0 Å². The average molecular weight is 439 g/mol. The first-order valence-electron chi connectivity index (χ1n) is 9.42. The number of nitrogens with zero attached hydrogens (tertiary/aromatic N) is 4. The lowest BCUT2D eigenvalue weighted by atomic mass is 10.1. The Kier molecular flexibility index (Phi) is 4.35. The van der Waals surface area contributed by atoms with Gasteiger partial charge in [-0.3, -0.25) is 9.79 Å². The number of hydrogen-bond acceptors (Lipinski definition) is 5. The van der Waals surface area contributed by atoms with E-state index in [-0.39, 0.29) is 5.91 Å². The number of aromatic nitrogens is 3. The topological polar surface area (TPSA) is 86.3 Å². The molecule has 4 heterocycles. The third kappa shape index (κ3) is 2.97. The summed E-state index contributed by atoms with van der Waals surface area (Å²) in [7, 11) is 0. The molecule has 0 radical (unpaired) electrons. The molecule has 0 saturated carbocycles. The van der Waals surface area contributed by atoms with E-state index < -0.39 is 0 Å². The zero-order valence-corrected chi connectivity index (χ0v) is 16.8. The predicted octanol–water partition coefficient (Wildman–Crippen LogP) is 4.02.